The van der Waals surface area contributed by atoms with Crippen LogP contribution in [0.2, 0.25) is 0 Å². The van der Waals surface area contributed by atoms with E-state index in [9.17, 15) is 5.26 Å². The molecule has 1 aliphatic heterocycles. The normalized spacial score (nSPS) is 13.7. The van der Waals surface area contributed by atoms with Gasteiger partial charge in [0.15, 0.2) is 0 Å². The van der Waals surface area contributed by atoms with Crippen molar-refractivity contribution in [1.82, 2.24) is 9.55 Å². The third kappa shape index (κ3) is 11.3. The molecule has 90 heavy (non-hydrogen) atoms. The molecule has 7 heteroatoms. The Balaban J connectivity index is 1.06. The van der Waals surface area contributed by atoms with Crippen molar-refractivity contribution >= 4 is 66.5 Å². The third-order valence-electron chi connectivity index (χ3n) is 18.6. The van der Waals surface area contributed by atoms with Gasteiger partial charge in [0.1, 0.15) is 35.2 Å². The third-order valence-corrected chi connectivity index (χ3v) is 18.6. The van der Waals surface area contributed by atoms with Crippen LogP contribution in [0.3, 0.4) is 0 Å². The highest BCUT2D eigenvalue weighted by Gasteiger charge is 2.36. The maximum atomic E-state index is 9.85. The molecule has 8 aromatic carbocycles. The van der Waals surface area contributed by atoms with E-state index in [0.29, 0.717) is 23.6 Å². The topological polar surface area (TPSA) is 70.5 Å². The van der Waals surface area contributed by atoms with Gasteiger partial charge >= 0.3 is 0 Å². The number of ether oxygens (including phenoxy) is 1. The molecule has 0 atom stereocenters. The van der Waals surface area contributed by atoms with Crippen LogP contribution in [0.5, 0.6) is 11.5 Å². The fraction of sp³-hybridized carbons (Fsp3) is 0.349. The second-order valence-corrected chi connectivity index (χ2v) is 32.8. The molecule has 0 saturated carbocycles. The van der Waals surface area contributed by atoms with Crippen LogP contribution < -0.4 is 14.5 Å². The fourth-order valence-electron chi connectivity index (χ4n) is 12.8. The van der Waals surface area contributed by atoms with Gasteiger partial charge in [0, 0.05) is 51.3 Å². The summed E-state index contributed by atoms with van der Waals surface area (Å²) in [5.74, 6) is 2.25. The van der Waals surface area contributed by atoms with E-state index in [-0.39, 0.29) is 37.9 Å². The van der Waals surface area contributed by atoms with E-state index >= 15 is 0 Å². The number of pyridine rings is 1. The second kappa shape index (κ2) is 21.3. The zero-order valence-electron chi connectivity index (χ0n) is 57.3. The van der Waals surface area contributed by atoms with Crippen LogP contribution >= 0.6 is 0 Å². The smallest absolute Gasteiger partial charge is 0.145 e. The van der Waals surface area contributed by atoms with E-state index in [0.717, 1.165) is 72.4 Å². The summed E-state index contributed by atoms with van der Waals surface area (Å²) in [6, 6.07) is 58.6. The van der Waals surface area contributed by atoms with Gasteiger partial charge in [-0.25, -0.2) is 4.98 Å². The Bertz CT molecular complexity index is 4560. The fourth-order valence-corrected chi connectivity index (χ4v) is 12.8. The number of hydrogen-bond acceptors (Lipinski definition) is 6. The van der Waals surface area contributed by atoms with Gasteiger partial charge in [-0.2, -0.15) is 5.26 Å². The highest BCUT2D eigenvalue weighted by molar-refractivity contribution is 6.24. The van der Waals surface area contributed by atoms with E-state index in [2.05, 4.69) is 299 Å². The summed E-state index contributed by atoms with van der Waals surface area (Å²) in [6.07, 6.45) is 1.91. The maximum absolute atomic E-state index is 9.85. The largest absolute Gasteiger partial charge is 0.457 e. The van der Waals surface area contributed by atoms with Gasteiger partial charge in [-0.05, 0) is 179 Å². The number of fused-ring (bicyclic) bond motifs is 8. The van der Waals surface area contributed by atoms with E-state index in [1.807, 2.05) is 24.4 Å². The van der Waals surface area contributed by atoms with Crippen molar-refractivity contribution in [2.24, 2.45) is 0 Å². The maximum Gasteiger partial charge on any atom is 0.145 e. The lowest BCUT2D eigenvalue weighted by molar-refractivity contribution is 0.479. The zero-order chi connectivity index (χ0) is 64.7. The number of rotatable bonds is 7. The molecule has 3 aromatic heterocycles. The molecule has 4 heterocycles. The lowest BCUT2D eigenvalue weighted by atomic mass is 9.76. The van der Waals surface area contributed by atoms with Gasteiger partial charge in [-0.1, -0.05) is 194 Å². The second-order valence-electron chi connectivity index (χ2n) is 32.8. The van der Waals surface area contributed by atoms with E-state index in [1.54, 1.807) is 0 Å². The van der Waals surface area contributed by atoms with Crippen LogP contribution in [-0.4, -0.2) is 16.2 Å². The minimum Gasteiger partial charge on any atom is -0.457 e. The number of anilines is 4. The first kappa shape index (κ1) is 61.6. The molecule has 0 spiro atoms. The Kier molecular flexibility index (Phi) is 14.6. The summed E-state index contributed by atoms with van der Waals surface area (Å²) < 4.78 is 16.3. The monoisotopic (exact) mass is 1190 g/mol. The van der Waals surface area contributed by atoms with E-state index < -0.39 is 0 Å². The molecule has 0 bridgehead atoms. The molecule has 460 valence electrons. The number of aromatic nitrogens is 2. The van der Waals surface area contributed by atoms with Crippen LogP contribution in [0.1, 0.15) is 190 Å². The number of nitrogens with zero attached hydrogens (tertiary/aromatic N) is 5. The first-order chi connectivity index (χ1) is 41.9. The molecule has 1 aliphatic rings. The average molecular weight is 1190 g/mol. The molecule has 11 aromatic rings. The molecule has 7 nitrogen and oxygen atoms in total. The Morgan fingerprint density at radius 2 is 0.933 bits per heavy atom. The van der Waals surface area contributed by atoms with Gasteiger partial charge in [0.05, 0.1) is 45.1 Å². The minimum absolute atomic E-state index is 0.0926. The molecular formula is C83H91N5O2. The summed E-state index contributed by atoms with van der Waals surface area (Å²) in [5.41, 5.74) is 21.4. The van der Waals surface area contributed by atoms with E-state index in [4.69, 9.17) is 14.1 Å². The predicted molar refractivity (Wildman–Crippen MR) is 381 cm³/mol. The number of para-hydroxylation sites is 2. The summed E-state index contributed by atoms with van der Waals surface area (Å²) in [7, 11) is 0. The first-order valence-corrected chi connectivity index (χ1v) is 32.2. The lowest BCUT2D eigenvalue weighted by Crippen LogP contribution is -2.26. The van der Waals surface area contributed by atoms with Gasteiger partial charge in [-0.15, -0.1) is 0 Å². The molecule has 0 radical (unpaired) electrons. The number of hydrogen-bond donors (Lipinski definition) is 0. The van der Waals surface area contributed by atoms with Crippen LogP contribution in [0.4, 0.5) is 22.7 Å². The Hall–Kier alpha value is -8.60. The van der Waals surface area contributed by atoms with Crippen molar-refractivity contribution in [2.75, 3.05) is 16.5 Å². The van der Waals surface area contributed by atoms with Crippen LogP contribution in [-0.2, 0) is 37.9 Å². The van der Waals surface area contributed by atoms with Gasteiger partial charge in [0.25, 0.3) is 0 Å². The van der Waals surface area contributed by atoms with Crippen LogP contribution in [0.25, 0.3) is 71.8 Å². The number of nitriles is 1. The van der Waals surface area contributed by atoms with Crippen LogP contribution in [0, 0.1) is 11.3 Å². The zero-order valence-corrected chi connectivity index (χ0v) is 57.3. The summed E-state index contributed by atoms with van der Waals surface area (Å²) in [5, 5.41) is 13.8. The van der Waals surface area contributed by atoms with Crippen molar-refractivity contribution in [3.8, 4) is 45.6 Å². The highest BCUT2D eigenvalue weighted by Crippen LogP contribution is 2.54. The van der Waals surface area contributed by atoms with Crippen molar-refractivity contribution < 1.29 is 9.15 Å². The van der Waals surface area contributed by atoms with Crippen molar-refractivity contribution in [2.45, 2.75) is 183 Å². The average Bonchev–Trinajstić information content (AvgIpc) is 1.52. The number of furan rings is 1. The summed E-state index contributed by atoms with van der Waals surface area (Å²) in [6.45, 7) is 49.3. The Morgan fingerprint density at radius 3 is 1.47 bits per heavy atom. The molecule has 0 amide bonds. The van der Waals surface area contributed by atoms with Gasteiger partial charge < -0.3 is 19.0 Å². The quantitative estimate of drug-likeness (QED) is 0.158. The van der Waals surface area contributed by atoms with Crippen LogP contribution in [0.15, 0.2) is 162 Å². The minimum atomic E-state index is -0.228. The van der Waals surface area contributed by atoms with E-state index in [1.165, 1.54) is 61.3 Å². The molecule has 0 unspecified atom stereocenters. The molecule has 0 aliphatic carbocycles. The molecule has 0 N–H and O–H groups in total. The molecular weight excluding hydrogens is 1100 g/mol. The standard InChI is InChI=1S/C83H91N5O2/c1-77(2,3)53-32-33-85-73(45-53)88-70-31-30-64-63-28-26-50(48-84)34-72(63)90-76(64)74(70)65-29-27-61(47-71(65)88)89-62-42-58(82(16,17)18)41-60(46-62)86-49-87(69-25-23-22-24-68(69)86)75-66(51-35-54(78(4,5)6)39-55(36-51)79(7,8)9)43-59(83(19,20)21)44-67(75)52-37-56(80(10,11)12)40-57(38-52)81(13,14)15/h22-47H,49H2,1-21H3. The SMILES string of the molecule is CC(C)(C)c1cc(Oc2ccc3c4c5oc6cc(C#N)ccc6c5ccc4n(-c4cc(C(C)(C)C)ccn4)c3c2)cc(N2CN(c3c(-c4cc(C(C)(C)C)cc(C(C)(C)C)c4)cc(C(C)(C)C)cc3-c3cc(C(C)(C)C)cc(C(C)(C)C)c3)c3ccccc32)c1. The predicted octanol–water partition coefficient (Wildman–Crippen LogP) is 23.4. The van der Waals surface area contributed by atoms with Crippen molar-refractivity contribution in [1.29, 1.82) is 5.26 Å². The molecule has 12 rings (SSSR count). The molecule has 0 fully saturated rings. The van der Waals surface area contributed by atoms with Crippen molar-refractivity contribution in [3.63, 3.8) is 0 Å². The van der Waals surface area contributed by atoms with Gasteiger partial charge in [0.2, 0.25) is 0 Å². The summed E-state index contributed by atoms with van der Waals surface area (Å²) in [4.78, 5) is 10.2. The van der Waals surface area contributed by atoms with Gasteiger partial charge in [-0.3, -0.25) is 4.57 Å². The molecule has 0 saturated heterocycles. The lowest BCUT2D eigenvalue weighted by Gasteiger charge is -2.33. The highest BCUT2D eigenvalue weighted by atomic mass is 16.5. The Labute approximate surface area is 535 Å². The summed E-state index contributed by atoms with van der Waals surface area (Å²) >= 11 is 0. The Morgan fingerprint density at radius 1 is 0.433 bits per heavy atom. The first-order valence-electron chi connectivity index (χ1n) is 32.2. The van der Waals surface area contributed by atoms with Crippen molar-refractivity contribution in [3.05, 3.63) is 202 Å². The number of benzene rings is 8.